The summed E-state index contributed by atoms with van der Waals surface area (Å²) in [6.07, 6.45) is 0.368. The number of nitrogens with zero attached hydrogens (tertiary/aromatic N) is 1. The maximum Gasteiger partial charge on any atom is 0.269 e. The summed E-state index contributed by atoms with van der Waals surface area (Å²) in [4.78, 5) is 21.8. The van der Waals surface area contributed by atoms with Gasteiger partial charge in [0.25, 0.3) is 5.69 Å². The Labute approximate surface area is 116 Å². The zero-order valence-corrected chi connectivity index (χ0v) is 11.0. The fourth-order valence-corrected chi connectivity index (χ4v) is 1.98. The van der Waals surface area contributed by atoms with Gasteiger partial charge in [-0.2, -0.15) is 0 Å². The number of amides is 1. The van der Waals surface area contributed by atoms with Crippen molar-refractivity contribution >= 4 is 11.6 Å². The number of morpholine rings is 1. The molecule has 1 aliphatic heterocycles. The second-order valence-electron chi connectivity index (χ2n) is 4.63. The van der Waals surface area contributed by atoms with Crippen molar-refractivity contribution in [2.45, 2.75) is 19.0 Å². The Morgan fingerprint density at radius 1 is 1.45 bits per heavy atom. The van der Waals surface area contributed by atoms with Gasteiger partial charge in [0, 0.05) is 37.7 Å². The van der Waals surface area contributed by atoms with Gasteiger partial charge in [0.2, 0.25) is 5.91 Å². The predicted molar refractivity (Wildman–Crippen MR) is 72.2 cm³/mol. The summed E-state index contributed by atoms with van der Waals surface area (Å²) in [5.74, 6) is -0.0636. The highest BCUT2D eigenvalue weighted by atomic mass is 16.6. The number of nitro benzene ring substituents is 1. The molecule has 20 heavy (non-hydrogen) atoms. The van der Waals surface area contributed by atoms with Crippen LogP contribution in [0, 0.1) is 10.1 Å². The number of ether oxygens (including phenoxy) is 1. The van der Waals surface area contributed by atoms with Crippen LogP contribution in [0.4, 0.5) is 5.69 Å². The number of nitrogens with one attached hydrogen (secondary N) is 2. The van der Waals surface area contributed by atoms with Gasteiger partial charge in [0.1, 0.15) is 0 Å². The molecule has 2 N–H and O–H groups in total. The summed E-state index contributed by atoms with van der Waals surface area (Å²) in [5.41, 5.74) is 0.875. The second kappa shape index (κ2) is 6.97. The van der Waals surface area contributed by atoms with E-state index < -0.39 is 4.92 Å². The lowest BCUT2D eigenvalue weighted by Gasteiger charge is -2.23. The van der Waals surface area contributed by atoms with E-state index >= 15 is 0 Å². The number of carbonyl (C=O) groups is 1. The topological polar surface area (TPSA) is 93.5 Å². The third-order valence-electron chi connectivity index (χ3n) is 3.07. The van der Waals surface area contributed by atoms with Crippen LogP contribution in [-0.2, 0) is 16.1 Å². The molecule has 0 aromatic heterocycles. The SMILES string of the molecule is O=C(CC1COCCN1)NCc1ccc([N+](=O)[O-])cc1. The van der Waals surface area contributed by atoms with Gasteiger partial charge in [0.15, 0.2) is 0 Å². The molecule has 1 saturated heterocycles. The molecule has 1 amide bonds. The zero-order chi connectivity index (χ0) is 14.4. The Morgan fingerprint density at radius 3 is 2.80 bits per heavy atom. The van der Waals surface area contributed by atoms with Crippen LogP contribution in [0.1, 0.15) is 12.0 Å². The standard InChI is InChI=1S/C13H17N3O4/c17-13(7-11-9-20-6-5-14-11)15-8-10-1-3-12(4-2-10)16(18)19/h1-4,11,14H,5-9H2,(H,15,17). The van der Waals surface area contributed by atoms with Crippen LogP contribution < -0.4 is 10.6 Å². The van der Waals surface area contributed by atoms with E-state index in [2.05, 4.69) is 10.6 Å². The second-order valence-corrected chi connectivity index (χ2v) is 4.63. The van der Waals surface area contributed by atoms with Crippen LogP contribution in [0.25, 0.3) is 0 Å². The van der Waals surface area contributed by atoms with E-state index in [-0.39, 0.29) is 17.6 Å². The maximum absolute atomic E-state index is 11.7. The molecule has 1 aliphatic rings. The van der Waals surface area contributed by atoms with Gasteiger partial charge < -0.3 is 15.4 Å². The molecule has 2 rings (SSSR count). The number of rotatable bonds is 5. The molecule has 0 saturated carbocycles. The number of non-ortho nitro benzene ring substituents is 1. The van der Waals surface area contributed by atoms with Crippen LogP contribution in [-0.4, -0.2) is 36.6 Å². The lowest BCUT2D eigenvalue weighted by molar-refractivity contribution is -0.384. The average Bonchev–Trinajstić information content (AvgIpc) is 2.46. The van der Waals surface area contributed by atoms with Crippen LogP contribution in [0.15, 0.2) is 24.3 Å². The average molecular weight is 279 g/mol. The van der Waals surface area contributed by atoms with E-state index in [1.807, 2.05) is 0 Å². The molecule has 1 fully saturated rings. The molecule has 0 radical (unpaired) electrons. The fraction of sp³-hybridized carbons (Fsp3) is 0.462. The highest BCUT2D eigenvalue weighted by Gasteiger charge is 2.16. The van der Waals surface area contributed by atoms with Crippen LogP contribution in [0.3, 0.4) is 0 Å². The molecule has 1 aromatic rings. The van der Waals surface area contributed by atoms with Crippen molar-refractivity contribution in [3.63, 3.8) is 0 Å². The molecule has 108 valence electrons. The Kier molecular flexibility index (Phi) is 5.03. The van der Waals surface area contributed by atoms with Gasteiger partial charge in [0.05, 0.1) is 18.1 Å². The van der Waals surface area contributed by atoms with E-state index in [9.17, 15) is 14.9 Å². The summed E-state index contributed by atoms with van der Waals surface area (Å²) in [5, 5.41) is 16.5. The minimum atomic E-state index is -0.447. The number of hydrogen-bond acceptors (Lipinski definition) is 5. The first-order valence-electron chi connectivity index (χ1n) is 6.46. The minimum absolute atomic E-state index is 0.0450. The monoisotopic (exact) mass is 279 g/mol. The summed E-state index contributed by atoms with van der Waals surface area (Å²) in [6.45, 7) is 2.36. The van der Waals surface area contributed by atoms with Gasteiger partial charge in [-0.3, -0.25) is 14.9 Å². The highest BCUT2D eigenvalue weighted by Crippen LogP contribution is 2.11. The van der Waals surface area contributed by atoms with Crippen LogP contribution in [0.2, 0.25) is 0 Å². The van der Waals surface area contributed by atoms with Gasteiger partial charge >= 0.3 is 0 Å². The van der Waals surface area contributed by atoms with Crippen LogP contribution in [0.5, 0.6) is 0 Å². The summed E-state index contributed by atoms with van der Waals surface area (Å²) in [6, 6.07) is 6.19. The molecule has 1 aromatic carbocycles. The van der Waals surface area contributed by atoms with E-state index in [0.717, 1.165) is 12.1 Å². The van der Waals surface area contributed by atoms with Crippen molar-refractivity contribution in [1.29, 1.82) is 0 Å². The Balaban J connectivity index is 1.76. The fourth-order valence-electron chi connectivity index (χ4n) is 1.98. The molecular weight excluding hydrogens is 262 g/mol. The molecule has 0 spiro atoms. The summed E-state index contributed by atoms with van der Waals surface area (Å²) in [7, 11) is 0. The quantitative estimate of drug-likeness (QED) is 0.607. The number of hydrogen-bond donors (Lipinski definition) is 2. The van der Waals surface area contributed by atoms with E-state index in [4.69, 9.17) is 4.74 Å². The molecule has 1 atom stereocenters. The van der Waals surface area contributed by atoms with Crippen molar-refractivity contribution in [1.82, 2.24) is 10.6 Å². The molecule has 0 bridgehead atoms. The molecule has 7 nitrogen and oxygen atoms in total. The first-order chi connectivity index (χ1) is 9.65. The van der Waals surface area contributed by atoms with E-state index in [1.54, 1.807) is 12.1 Å². The third kappa shape index (κ3) is 4.29. The lowest BCUT2D eigenvalue weighted by Crippen LogP contribution is -2.44. The van der Waals surface area contributed by atoms with E-state index in [1.165, 1.54) is 12.1 Å². The Morgan fingerprint density at radius 2 is 2.20 bits per heavy atom. The largest absolute Gasteiger partial charge is 0.378 e. The summed E-state index contributed by atoms with van der Waals surface area (Å²) >= 11 is 0. The van der Waals surface area contributed by atoms with Crippen molar-refractivity contribution in [2.24, 2.45) is 0 Å². The van der Waals surface area contributed by atoms with Gasteiger partial charge in [-0.1, -0.05) is 12.1 Å². The molecule has 0 aliphatic carbocycles. The maximum atomic E-state index is 11.7. The smallest absolute Gasteiger partial charge is 0.269 e. The summed E-state index contributed by atoms with van der Waals surface area (Å²) < 4.78 is 5.27. The van der Waals surface area contributed by atoms with E-state index in [0.29, 0.717) is 26.2 Å². The van der Waals surface area contributed by atoms with Gasteiger partial charge in [-0.15, -0.1) is 0 Å². The first-order valence-corrected chi connectivity index (χ1v) is 6.46. The zero-order valence-electron chi connectivity index (χ0n) is 11.0. The normalized spacial score (nSPS) is 18.5. The van der Waals surface area contributed by atoms with Gasteiger partial charge in [-0.05, 0) is 5.56 Å². The number of carbonyl (C=O) groups excluding carboxylic acids is 1. The molecule has 1 unspecified atom stereocenters. The van der Waals surface area contributed by atoms with Crippen LogP contribution >= 0.6 is 0 Å². The first kappa shape index (κ1) is 14.4. The molecular formula is C13H17N3O4. The van der Waals surface area contributed by atoms with Crippen molar-refractivity contribution < 1.29 is 14.5 Å². The van der Waals surface area contributed by atoms with Gasteiger partial charge in [-0.25, -0.2) is 0 Å². The number of benzene rings is 1. The Bertz CT molecular complexity index is 469. The molecule has 7 heteroatoms. The predicted octanol–water partition coefficient (Wildman–Crippen LogP) is 0.590. The minimum Gasteiger partial charge on any atom is -0.378 e. The molecule has 1 heterocycles. The van der Waals surface area contributed by atoms with Crippen molar-refractivity contribution in [3.8, 4) is 0 Å². The lowest BCUT2D eigenvalue weighted by atomic mass is 10.1. The highest BCUT2D eigenvalue weighted by molar-refractivity contribution is 5.76. The van der Waals surface area contributed by atoms with Crippen molar-refractivity contribution in [3.05, 3.63) is 39.9 Å². The van der Waals surface area contributed by atoms with Crippen molar-refractivity contribution in [2.75, 3.05) is 19.8 Å². The third-order valence-corrected chi connectivity index (χ3v) is 3.07. The number of nitro groups is 1. The Hall–Kier alpha value is -1.99.